The number of para-hydroxylation sites is 1. The van der Waals surface area contributed by atoms with E-state index >= 15 is 0 Å². The van der Waals surface area contributed by atoms with Gasteiger partial charge in [-0.15, -0.1) is 5.10 Å². The van der Waals surface area contributed by atoms with Gasteiger partial charge in [0.05, 0.1) is 16.2 Å². The van der Waals surface area contributed by atoms with Crippen LogP contribution in [0.25, 0.3) is 11.4 Å². The fourth-order valence-corrected chi connectivity index (χ4v) is 2.19. The number of nitrogens with zero attached hydrogens (tertiary/aromatic N) is 4. The molecular formula is C11H10N4O4S. The maximum atomic E-state index is 11.0. The van der Waals surface area contributed by atoms with E-state index in [-0.39, 0.29) is 17.3 Å². The largest absolute Gasteiger partial charge is 0.481 e. The van der Waals surface area contributed by atoms with Crippen LogP contribution in [0.3, 0.4) is 0 Å². The van der Waals surface area contributed by atoms with Crippen LogP contribution >= 0.6 is 11.8 Å². The van der Waals surface area contributed by atoms with Gasteiger partial charge in [0.1, 0.15) is 0 Å². The second-order valence-corrected chi connectivity index (χ2v) is 4.74. The van der Waals surface area contributed by atoms with Crippen molar-refractivity contribution in [2.75, 3.05) is 5.75 Å². The molecule has 0 saturated carbocycles. The highest BCUT2D eigenvalue weighted by Gasteiger charge is 2.19. The number of nitro benzene ring substituents is 1. The number of aliphatic carboxylic acids is 1. The van der Waals surface area contributed by atoms with Crippen molar-refractivity contribution >= 4 is 23.4 Å². The SMILES string of the molecule is Cn1nc(-c2ccccc2[N+](=O)[O-])nc1SCC(=O)O. The van der Waals surface area contributed by atoms with E-state index in [4.69, 9.17) is 5.11 Å². The Morgan fingerprint density at radius 2 is 2.20 bits per heavy atom. The molecule has 0 aliphatic rings. The highest BCUT2D eigenvalue weighted by Crippen LogP contribution is 2.28. The van der Waals surface area contributed by atoms with Crippen molar-refractivity contribution in [2.24, 2.45) is 7.05 Å². The minimum atomic E-state index is -0.967. The number of thioether (sulfide) groups is 1. The molecule has 0 spiro atoms. The molecule has 0 atom stereocenters. The summed E-state index contributed by atoms with van der Waals surface area (Å²) in [7, 11) is 1.61. The first-order valence-electron chi connectivity index (χ1n) is 5.48. The molecule has 1 aromatic heterocycles. The Balaban J connectivity index is 2.37. The molecule has 1 heterocycles. The van der Waals surface area contributed by atoms with E-state index in [1.807, 2.05) is 0 Å². The van der Waals surface area contributed by atoms with Crippen molar-refractivity contribution in [3.8, 4) is 11.4 Å². The molecule has 0 bridgehead atoms. The van der Waals surface area contributed by atoms with E-state index < -0.39 is 10.9 Å². The van der Waals surface area contributed by atoms with Crippen molar-refractivity contribution in [1.82, 2.24) is 14.8 Å². The van der Waals surface area contributed by atoms with Crippen LogP contribution in [0.2, 0.25) is 0 Å². The quantitative estimate of drug-likeness (QED) is 0.506. The Labute approximate surface area is 117 Å². The molecule has 1 N–H and O–H groups in total. The van der Waals surface area contributed by atoms with Gasteiger partial charge in [0.25, 0.3) is 5.69 Å². The van der Waals surface area contributed by atoms with Crippen molar-refractivity contribution in [3.05, 3.63) is 34.4 Å². The highest BCUT2D eigenvalue weighted by molar-refractivity contribution is 7.99. The third-order valence-electron chi connectivity index (χ3n) is 2.39. The summed E-state index contributed by atoms with van der Waals surface area (Å²) < 4.78 is 1.40. The molecule has 104 valence electrons. The number of benzene rings is 1. The first-order valence-corrected chi connectivity index (χ1v) is 6.47. The van der Waals surface area contributed by atoms with Gasteiger partial charge in [0, 0.05) is 13.1 Å². The molecule has 0 aliphatic heterocycles. The number of nitro groups is 1. The Hall–Kier alpha value is -2.42. The monoisotopic (exact) mass is 294 g/mol. The number of hydrogen-bond acceptors (Lipinski definition) is 6. The molecule has 0 radical (unpaired) electrons. The third kappa shape index (κ3) is 2.94. The van der Waals surface area contributed by atoms with Gasteiger partial charge in [0.2, 0.25) is 0 Å². The molecule has 0 amide bonds. The van der Waals surface area contributed by atoms with Crippen LogP contribution < -0.4 is 0 Å². The van der Waals surface area contributed by atoms with E-state index in [1.165, 1.54) is 10.7 Å². The number of carboxylic acids is 1. The summed E-state index contributed by atoms with van der Waals surface area (Å²) >= 11 is 1.00. The summed E-state index contributed by atoms with van der Waals surface area (Å²) in [6, 6.07) is 6.14. The van der Waals surface area contributed by atoms with Gasteiger partial charge in [-0.3, -0.25) is 14.9 Å². The summed E-state index contributed by atoms with van der Waals surface area (Å²) in [5.74, 6) is -0.916. The van der Waals surface area contributed by atoms with E-state index in [2.05, 4.69) is 10.1 Å². The van der Waals surface area contributed by atoms with Crippen LogP contribution in [-0.4, -0.2) is 36.5 Å². The van der Waals surface area contributed by atoms with Gasteiger partial charge >= 0.3 is 5.97 Å². The van der Waals surface area contributed by atoms with Crippen molar-refractivity contribution in [2.45, 2.75) is 5.16 Å². The van der Waals surface area contributed by atoms with Crippen LogP contribution in [0, 0.1) is 10.1 Å². The minimum Gasteiger partial charge on any atom is -0.481 e. The molecule has 0 saturated heterocycles. The van der Waals surface area contributed by atoms with Crippen molar-refractivity contribution in [3.63, 3.8) is 0 Å². The predicted molar refractivity (Wildman–Crippen MR) is 71.5 cm³/mol. The number of aryl methyl sites for hydroxylation is 1. The van der Waals surface area contributed by atoms with E-state index in [9.17, 15) is 14.9 Å². The third-order valence-corrected chi connectivity index (χ3v) is 3.39. The van der Waals surface area contributed by atoms with Gasteiger partial charge in [-0.1, -0.05) is 23.9 Å². The smallest absolute Gasteiger partial charge is 0.313 e. The Morgan fingerprint density at radius 3 is 2.85 bits per heavy atom. The first kappa shape index (κ1) is 14.0. The first-order chi connectivity index (χ1) is 9.49. The Morgan fingerprint density at radius 1 is 1.50 bits per heavy atom. The van der Waals surface area contributed by atoms with Crippen molar-refractivity contribution < 1.29 is 14.8 Å². The van der Waals surface area contributed by atoms with Gasteiger partial charge in [-0.05, 0) is 6.07 Å². The predicted octanol–water partition coefficient (Wildman–Crippen LogP) is 1.57. The van der Waals surface area contributed by atoms with Crippen LogP contribution in [0.4, 0.5) is 5.69 Å². The highest BCUT2D eigenvalue weighted by atomic mass is 32.2. The lowest BCUT2D eigenvalue weighted by Gasteiger charge is -1.96. The molecule has 0 fully saturated rings. The van der Waals surface area contributed by atoms with Gasteiger partial charge < -0.3 is 5.11 Å². The fraction of sp³-hybridized carbons (Fsp3) is 0.182. The average molecular weight is 294 g/mol. The topological polar surface area (TPSA) is 111 Å². The van der Waals surface area contributed by atoms with E-state index in [0.717, 1.165) is 11.8 Å². The van der Waals surface area contributed by atoms with Crippen molar-refractivity contribution in [1.29, 1.82) is 0 Å². The maximum absolute atomic E-state index is 11.0. The Bertz CT molecular complexity index is 670. The number of carboxylic acid groups (broad SMARTS) is 1. The molecule has 2 rings (SSSR count). The second kappa shape index (κ2) is 5.70. The number of carbonyl (C=O) groups is 1. The molecule has 2 aromatic rings. The lowest BCUT2D eigenvalue weighted by molar-refractivity contribution is -0.384. The van der Waals surface area contributed by atoms with Gasteiger partial charge in [-0.2, -0.15) is 0 Å². The zero-order valence-corrected chi connectivity index (χ0v) is 11.2. The summed E-state index contributed by atoms with van der Waals surface area (Å²) in [6.45, 7) is 0. The molecule has 0 aliphatic carbocycles. The second-order valence-electron chi connectivity index (χ2n) is 3.80. The molecule has 1 aromatic carbocycles. The van der Waals surface area contributed by atoms with E-state index in [0.29, 0.717) is 10.7 Å². The zero-order valence-electron chi connectivity index (χ0n) is 10.4. The number of rotatable bonds is 5. The van der Waals surface area contributed by atoms with Crippen LogP contribution in [0.1, 0.15) is 0 Å². The number of aromatic nitrogens is 3. The lowest BCUT2D eigenvalue weighted by Crippen LogP contribution is -2.00. The zero-order chi connectivity index (χ0) is 14.7. The van der Waals surface area contributed by atoms with Crippen LogP contribution in [-0.2, 0) is 11.8 Å². The van der Waals surface area contributed by atoms with Gasteiger partial charge in [0.15, 0.2) is 11.0 Å². The molecule has 0 unspecified atom stereocenters. The fourth-order valence-electron chi connectivity index (χ4n) is 1.56. The standard InChI is InChI=1S/C11H10N4O4S/c1-14-11(20-6-9(16)17)12-10(13-14)7-4-2-3-5-8(7)15(18)19/h2-5H,6H2,1H3,(H,16,17). The molecule has 9 heteroatoms. The Kier molecular flexibility index (Phi) is 3.99. The lowest BCUT2D eigenvalue weighted by atomic mass is 10.2. The number of hydrogen-bond donors (Lipinski definition) is 1. The summed E-state index contributed by atoms with van der Waals surface area (Å²) in [6.07, 6.45) is 0. The average Bonchev–Trinajstić information content (AvgIpc) is 2.77. The van der Waals surface area contributed by atoms with Gasteiger partial charge in [-0.25, -0.2) is 9.67 Å². The normalized spacial score (nSPS) is 10.4. The molecule has 20 heavy (non-hydrogen) atoms. The maximum Gasteiger partial charge on any atom is 0.313 e. The minimum absolute atomic E-state index is 0.0899. The summed E-state index contributed by atoms with van der Waals surface area (Å²) in [4.78, 5) is 25.1. The van der Waals surface area contributed by atoms with E-state index in [1.54, 1.807) is 25.2 Å². The molecular weight excluding hydrogens is 284 g/mol. The summed E-state index contributed by atoms with van der Waals surface area (Å²) in [5, 5.41) is 24.1. The molecule has 8 nitrogen and oxygen atoms in total. The van der Waals surface area contributed by atoms with Crippen LogP contribution in [0.5, 0.6) is 0 Å². The summed E-state index contributed by atoms with van der Waals surface area (Å²) in [5.41, 5.74) is 0.211. The van der Waals surface area contributed by atoms with Crippen LogP contribution in [0.15, 0.2) is 29.4 Å².